The van der Waals surface area contributed by atoms with Crippen molar-refractivity contribution < 1.29 is 30.3 Å². The quantitative estimate of drug-likeness (QED) is 0.280. The third-order valence-corrected chi connectivity index (χ3v) is 1.28. The lowest BCUT2D eigenvalue weighted by molar-refractivity contribution is -0.193. The highest BCUT2D eigenvalue weighted by molar-refractivity contribution is 4.66. The molecule has 0 bridgehead atoms. The summed E-state index contributed by atoms with van der Waals surface area (Å²) in [4.78, 5) is 0. The Labute approximate surface area is 69.6 Å². The van der Waals surface area contributed by atoms with Crippen LogP contribution in [0.2, 0.25) is 0 Å². The van der Waals surface area contributed by atoms with Crippen molar-refractivity contribution in [1.29, 1.82) is 0 Å². The molecule has 6 nitrogen and oxygen atoms in total. The van der Waals surface area contributed by atoms with Crippen LogP contribution in [-0.4, -0.2) is 63.9 Å². The Morgan fingerprint density at radius 1 is 0.917 bits per heavy atom. The predicted molar refractivity (Wildman–Crippen MR) is 38.1 cm³/mol. The number of aliphatic hydroxyl groups excluding tert-OH is 5. The van der Waals surface area contributed by atoms with Crippen molar-refractivity contribution in [3.8, 4) is 0 Å². The molecule has 0 aromatic rings. The number of ether oxygens (including phenoxy) is 1. The topological polar surface area (TPSA) is 110 Å². The smallest absolute Gasteiger partial charge is 0.178 e. The molecule has 0 saturated heterocycles. The van der Waals surface area contributed by atoms with Crippen LogP contribution in [0.15, 0.2) is 0 Å². The van der Waals surface area contributed by atoms with Gasteiger partial charge in [0.15, 0.2) is 6.29 Å². The first-order valence-electron chi connectivity index (χ1n) is 3.49. The maximum Gasteiger partial charge on any atom is 0.178 e. The van der Waals surface area contributed by atoms with Crippen LogP contribution < -0.4 is 0 Å². The molecule has 1 unspecified atom stereocenters. The summed E-state index contributed by atoms with van der Waals surface area (Å²) in [5.74, 6) is 0. The van der Waals surface area contributed by atoms with Crippen LogP contribution in [0, 0.1) is 0 Å². The van der Waals surface area contributed by atoms with Crippen LogP contribution in [0.3, 0.4) is 0 Å². The predicted octanol–water partition coefficient (Wildman–Crippen LogP) is -2.97. The fraction of sp³-hybridized carbons (Fsp3) is 1.00. The molecule has 3 atom stereocenters. The normalized spacial score (nSPS) is 18.8. The Morgan fingerprint density at radius 3 is 1.83 bits per heavy atom. The van der Waals surface area contributed by atoms with Gasteiger partial charge in [0.1, 0.15) is 12.2 Å². The van der Waals surface area contributed by atoms with Crippen LogP contribution in [0.5, 0.6) is 0 Å². The molecule has 0 radical (unpaired) electrons. The zero-order valence-electron chi connectivity index (χ0n) is 6.50. The maximum absolute atomic E-state index is 8.93. The summed E-state index contributed by atoms with van der Waals surface area (Å²) in [6, 6.07) is 0. The first-order chi connectivity index (χ1) is 5.65. The Bertz CT molecular complexity index is 108. The summed E-state index contributed by atoms with van der Waals surface area (Å²) in [7, 11) is 0. The van der Waals surface area contributed by atoms with Crippen molar-refractivity contribution in [2.45, 2.75) is 18.5 Å². The minimum Gasteiger partial charge on any atom is -0.394 e. The standard InChI is InChI=1S/C6H14O6/c7-1-4(10)5(2-8)12-6(11)3-9/h4-11H,1-3H2/t4-,5?,6-/m0/s1. The lowest BCUT2D eigenvalue weighted by atomic mass is 10.2. The van der Waals surface area contributed by atoms with Crippen molar-refractivity contribution in [3.05, 3.63) is 0 Å². The van der Waals surface area contributed by atoms with Crippen LogP contribution in [0.25, 0.3) is 0 Å². The molecule has 0 aliphatic rings. The molecule has 0 fully saturated rings. The van der Waals surface area contributed by atoms with E-state index in [0.717, 1.165) is 0 Å². The molecule has 0 heterocycles. The average Bonchev–Trinajstić information content (AvgIpc) is 2.12. The van der Waals surface area contributed by atoms with E-state index in [1.54, 1.807) is 0 Å². The summed E-state index contributed by atoms with van der Waals surface area (Å²) in [6.45, 7) is -1.75. The van der Waals surface area contributed by atoms with Crippen molar-refractivity contribution in [2.75, 3.05) is 19.8 Å². The zero-order valence-corrected chi connectivity index (χ0v) is 6.50. The number of hydrogen-bond donors (Lipinski definition) is 5. The van der Waals surface area contributed by atoms with Crippen molar-refractivity contribution in [2.24, 2.45) is 0 Å². The molecule has 5 N–H and O–H groups in total. The summed E-state index contributed by atoms with van der Waals surface area (Å²) >= 11 is 0. The van der Waals surface area contributed by atoms with Gasteiger partial charge in [-0.3, -0.25) is 0 Å². The van der Waals surface area contributed by atoms with Gasteiger partial charge in [0.2, 0.25) is 0 Å². The van der Waals surface area contributed by atoms with Gasteiger partial charge >= 0.3 is 0 Å². The van der Waals surface area contributed by atoms with E-state index in [1.807, 2.05) is 0 Å². The summed E-state index contributed by atoms with van der Waals surface area (Å²) < 4.78 is 4.55. The molecule has 0 aromatic heterocycles. The van der Waals surface area contributed by atoms with Gasteiger partial charge in [-0.25, -0.2) is 0 Å². The first kappa shape index (κ1) is 11.8. The Hall–Kier alpha value is -0.240. The van der Waals surface area contributed by atoms with Crippen LogP contribution >= 0.6 is 0 Å². The van der Waals surface area contributed by atoms with E-state index in [0.29, 0.717) is 0 Å². The largest absolute Gasteiger partial charge is 0.394 e. The van der Waals surface area contributed by atoms with E-state index in [2.05, 4.69) is 4.74 Å². The molecular formula is C6H14O6. The van der Waals surface area contributed by atoms with Gasteiger partial charge in [-0.15, -0.1) is 0 Å². The average molecular weight is 182 g/mol. The maximum atomic E-state index is 8.93. The van der Waals surface area contributed by atoms with E-state index < -0.39 is 38.3 Å². The molecule has 0 rings (SSSR count). The molecule has 0 aromatic carbocycles. The zero-order chi connectivity index (χ0) is 9.56. The second kappa shape index (κ2) is 6.30. The molecule has 0 spiro atoms. The number of aliphatic hydroxyl groups is 5. The third-order valence-electron chi connectivity index (χ3n) is 1.28. The number of hydrogen-bond acceptors (Lipinski definition) is 6. The van der Waals surface area contributed by atoms with Gasteiger partial charge < -0.3 is 30.3 Å². The van der Waals surface area contributed by atoms with E-state index >= 15 is 0 Å². The van der Waals surface area contributed by atoms with Crippen LogP contribution in [0.1, 0.15) is 0 Å². The molecule has 6 heteroatoms. The van der Waals surface area contributed by atoms with Crippen molar-refractivity contribution in [1.82, 2.24) is 0 Å². The summed E-state index contributed by atoms with van der Waals surface area (Å²) in [5.41, 5.74) is 0. The van der Waals surface area contributed by atoms with Crippen LogP contribution in [-0.2, 0) is 4.74 Å². The van der Waals surface area contributed by atoms with Gasteiger partial charge in [-0.1, -0.05) is 0 Å². The fourth-order valence-electron chi connectivity index (χ4n) is 0.618. The lowest BCUT2D eigenvalue weighted by Gasteiger charge is -2.21. The molecular weight excluding hydrogens is 168 g/mol. The van der Waals surface area contributed by atoms with E-state index in [9.17, 15) is 0 Å². The first-order valence-corrected chi connectivity index (χ1v) is 3.49. The van der Waals surface area contributed by atoms with Crippen molar-refractivity contribution >= 4 is 0 Å². The van der Waals surface area contributed by atoms with E-state index in [1.165, 1.54) is 0 Å². The molecule has 0 saturated carbocycles. The lowest BCUT2D eigenvalue weighted by Crippen LogP contribution is -2.39. The molecule has 0 amide bonds. The third kappa shape index (κ3) is 3.96. The van der Waals surface area contributed by atoms with Crippen LogP contribution in [0.4, 0.5) is 0 Å². The highest BCUT2D eigenvalue weighted by Gasteiger charge is 2.20. The highest BCUT2D eigenvalue weighted by Crippen LogP contribution is 2.01. The Morgan fingerprint density at radius 2 is 1.50 bits per heavy atom. The van der Waals surface area contributed by atoms with Crippen molar-refractivity contribution in [3.63, 3.8) is 0 Å². The summed E-state index contributed by atoms with van der Waals surface area (Å²) in [6.07, 6.45) is -3.81. The van der Waals surface area contributed by atoms with Gasteiger partial charge in [0.05, 0.1) is 19.8 Å². The minimum atomic E-state index is -1.46. The molecule has 74 valence electrons. The minimum absolute atomic E-state index is 0.543. The molecule has 0 aliphatic carbocycles. The number of rotatable bonds is 6. The van der Waals surface area contributed by atoms with Gasteiger partial charge in [-0.05, 0) is 0 Å². The van der Waals surface area contributed by atoms with E-state index in [-0.39, 0.29) is 0 Å². The van der Waals surface area contributed by atoms with Gasteiger partial charge in [-0.2, -0.15) is 0 Å². The Kier molecular flexibility index (Phi) is 6.17. The molecule has 12 heavy (non-hydrogen) atoms. The second-order valence-corrected chi connectivity index (χ2v) is 2.24. The SMILES string of the molecule is OCC(O[C@H](O)CO)[C@@H](O)CO. The highest BCUT2D eigenvalue weighted by atomic mass is 16.6. The monoisotopic (exact) mass is 182 g/mol. The second-order valence-electron chi connectivity index (χ2n) is 2.24. The fourth-order valence-corrected chi connectivity index (χ4v) is 0.618. The summed E-state index contributed by atoms with van der Waals surface area (Å²) in [5, 5.41) is 43.0. The Balaban J connectivity index is 3.81. The molecule has 0 aliphatic heterocycles. The van der Waals surface area contributed by atoms with Gasteiger partial charge in [0.25, 0.3) is 0 Å². The van der Waals surface area contributed by atoms with Gasteiger partial charge in [0, 0.05) is 0 Å². The van der Waals surface area contributed by atoms with E-state index in [4.69, 9.17) is 25.5 Å².